The molecule has 15 heavy (non-hydrogen) atoms. The van der Waals surface area contributed by atoms with Crippen LogP contribution in [0.1, 0.15) is 32.1 Å². The Bertz CT molecular complexity index is 209. The third-order valence-corrected chi connectivity index (χ3v) is 3.15. The van der Waals surface area contributed by atoms with Gasteiger partial charge in [0.25, 0.3) is 0 Å². The molecule has 86 valence electrons. The second-order valence-electron chi connectivity index (χ2n) is 4.38. The molecule has 2 saturated heterocycles. The van der Waals surface area contributed by atoms with Gasteiger partial charge in [0.05, 0.1) is 12.1 Å². The Kier molecular flexibility index (Phi) is 3.97. The van der Waals surface area contributed by atoms with Crippen LogP contribution in [-0.2, 0) is 9.53 Å². The first-order chi connectivity index (χ1) is 7.36. The Morgan fingerprint density at radius 2 is 2.27 bits per heavy atom. The van der Waals surface area contributed by atoms with Crippen LogP contribution in [0.4, 0.5) is 0 Å². The molecule has 0 bridgehead atoms. The van der Waals surface area contributed by atoms with Gasteiger partial charge in [-0.15, -0.1) is 0 Å². The zero-order valence-electron chi connectivity index (χ0n) is 9.13. The third kappa shape index (κ3) is 3.18. The first-order valence-corrected chi connectivity index (χ1v) is 5.99. The monoisotopic (exact) mass is 212 g/mol. The van der Waals surface area contributed by atoms with E-state index in [4.69, 9.17) is 4.74 Å². The van der Waals surface area contributed by atoms with Crippen LogP contribution >= 0.6 is 0 Å². The van der Waals surface area contributed by atoms with E-state index >= 15 is 0 Å². The fourth-order valence-electron chi connectivity index (χ4n) is 2.22. The molecular weight excluding hydrogens is 192 g/mol. The van der Waals surface area contributed by atoms with E-state index in [1.165, 1.54) is 6.42 Å². The van der Waals surface area contributed by atoms with Gasteiger partial charge < -0.3 is 15.4 Å². The van der Waals surface area contributed by atoms with Crippen molar-refractivity contribution in [2.45, 2.75) is 44.2 Å². The first-order valence-electron chi connectivity index (χ1n) is 5.99. The highest BCUT2D eigenvalue weighted by atomic mass is 16.5. The molecule has 0 radical (unpaired) electrons. The Labute approximate surface area is 90.8 Å². The number of rotatable bonds is 3. The van der Waals surface area contributed by atoms with E-state index in [1.54, 1.807) is 0 Å². The summed E-state index contributed by atoms with van der Waals surface area (Å²) < 4.78 is 5.46. The first kappa shape index (κ1) is 10.9. The Hall–Kier alpha value is -0.610. The molecule has 0 aromatic carbocycles. The van der Waals surface area contributed by atoms with Crippen molar-refractivity contribution in [3.63, 3.8) is 0 Å². The number of hydrogen-bond donors (Lipinski definition) is 2. The number of ether oxygens (including phenoxy) is 1. The molecule has 2 fully saturated rings. The Morgan fingerprint density at radius 1 is 1.33 bits per heavy atom. The lowest BCUT2D eigenvalue weighted by Gasteiger charge is -2.23. The van der Waals surface area contributed by atoms with Gasteiger partial charge in [-0.25, -0.2) is 0 Å². The number of hydrogen-bond acceptors (Lipinski definition) is 3. The molecule has 0 aromatic heterocycles. The summed E-state index contributed by atoms with van der Waals surface area (Å²) in [6.45, 7) is 2.50. The fourth-order valence-corrected chi connectivity index (χ4v) is 2.22. The van der Waals surface area contributed by atoms with Gasteiger partial charge >= 0.3 is 0 Å². The van der Waals surface area contributed by atoms with E-state index < -0.39 is 0 Å². The van der Waals surface area contributed by atoms with Gasteiger partial charge in [0, 0.05) is 13.2 Å². The summed E-state index contributed by atoms with van der Waals surface area (Å²) in [6, 6.07) is 0.0279. The molecule has 2 N–H and O–H groups in total. The molecule has 0 aromatic rings. The minimum Gasteiger partial charge on any atom is -0.376 e. The van der Waals surface area contributed by atoms with Gasteiger partial charge in [-0.05, 0) is 32.2 Å². The lowest BCUT2D eigenvalue weighted by atomic mass is 10.0. The number of piperidine rings is 1. The predicted octanol–water partition coefficient (Wildman–Crippen LogP) is 0.424. The van der Waals surface area contributed by atoms with Crippen molar-refractivity contribution in [1.29, 1.82) is 0 Å². The number of carbonyl (C=O) groups is 1. The Balaban J connectivity index is 1.66. The predicted molar refractivity (Wildman–Crippen MR) is 57.6 cm³/mol. The molecule has 2 aliphatic heterocycles. The Morgan fingerprint density at radius 3 is 2.93 bits per heavy atom. The van der Waals surface area contributed by atoms with Gasteiger partial charge in [-0.1, -0.05) is 6.42 Å². The zero-order chi connectivity index (χ0) is 10.5. The van der Waals surface area contributed by atoms with E-state index in [0.717, 1.165) is 38.8 Å². The average molecular weight is 212 g/mol. The van der Waals surface area contributed by atoms with Gasteiger partial charge in [0.15, 0.2) is 0 Å². The molecule has 2 heterocycles. The topological polar surface area (TPSA) is 50.4 Å². The minimum atomic E-state index is 0.0279. The van der Waals surface area contributed by atoms with Crippen molar-refractivity contribution in [1.82, 2.24) is 10.6 Å². The van der Waals surface area contributed by atoms with E-state index in [2.05, 4.69) is 10.6 Å². The maximum absolute atomic E-state index is 11.7. The standard InChI is InChI=1S/C11H20N2O2/c14-11(10-5-1-2-6-12-10)13-8-9-4-3-7-15-9/h9-10,12H,1-8H2,(H,13,14)/t9?,10-/m1/s1. The summed E-state index contributed by atoms with van der Waals surface area (Å²) in [6.07, 6.45) is 5.77. The minimum absolute atomic E-state index is 0.0279. The molecule has 0 spiro atoms. The summed E-state index contributed by atoms with van der Waals surface area (Å²) in [5, 5.41) is 6.21. The quantitative estimate of drug-likeness (QED) is 0.713. The molecule has 4 nitrogen and oxygen atoms in total. The largest absolute Gasteiger partial charge is 0.376 e. The molecule has 4 heteroatoms. The second kappa shape index (κ2) is 5.47. The van der Waals surface area contributed by atoms with Crippen LogP contribution in [-0.4, -0.2) is 37.7 Å². The summed E-state index contributed by atoms with van der Waals surface area (Å²) in [5.41, 5.74) is 0. The van der Waals surface area contributed by atoms with Crippen LogP contribution in [0.25, 0.3) is 0 Å². The van der Waals surface area contributed by atoms with Crippen molar-refractivity contribution in [3.05, 3.63) is 0 Å². The molecule has 0 saturated carbocycles. The summed E-state index contributed by atoms with van der Waals surface area (Å²) in [7, 11) is 0. The number of carbonyl (C=O) groups excluding carboxylic acids is 1. The van der Waals surface area contributed by atoms with Gasteiger partial charge in [0.1, 0.15) is 0 Å². The normalized spacial score (nSPS) is 31.5. The van der Waals surface area contributed by atoms with Crippen molar-refractivity contribution in [3.8, 4) is 0 Å². The van der Waals surface area contributed by atoms with Crippen LogP contribution in [0.3, 0.4) is 0 Å². The summed E-state index contributed by atoms with van der Waals surface area (Å²) >= 11 is 0. The molecule has 1 unspecified atom stereocenters. The van der Waals surface area contributed by atoms with E-state index in [-0.39, 0.29) is 18.1 Å². The van der Waals surface area contributed by atoms with E-state index in [9.17, 15) is 4.79 Å². The lowest BCUT2D eigenvalue weighted by molar-refractivity contribution is -0.124. The molecule has 1 amide bonds. The number of nitrogens with one attached hydrogen (secondary N) is 2. The SMILES string of the molecule is O=C(NCC1CCCO1)[C@H]1CCCCN1. The van der Waals surface area contributed by atoms with Crippen LogP contribution in [0.2, 0.25) is 0 Å². The highest BCUT2D eigenvalue weighted by Crippen LogP contribution is 2.11. The zero-order valence-corrected chi connectivity index (χ0v) is 9.13. The average Bonchev–Trinajstić information content (AvgIpc) is 2.80. The van der Waals surface area contributed by atoms with Crippen LogP contribution in [0.5, 0.6) is 0 Å². The molecule has 2 aliphatic rings. The number of amides is 1. The second-order valence-corrected chi connectivity index (χ2v) is 4.38. The van der Waals surface area contributed by atoms with Crippen LogP contribution < -0.4 is 10.6 Å². The van der Waals surface area contributed by atoms with Gasteiger partial charge in [0.2, 0.25) is 5.91 Å². The van der Waals surface area contributed by atoms with Gasteiger partial charge in [-0.3, -0.25) is 4.79 Å². The van der Waals surface area contributed by atoms with E-state index in [0.29, 0.717) is 6.54 Å². The molecule has 2 rings (SSSR count). The van der Waals surface area contributed by atoms with Crippen LogP contribution in [0.15, 0.2) is 0 Å². The smallest absolute Gasteiger partial charge is 0.237 e. The van der Waals surface area contributed by atoms with Crippen molar-refractivity contribution in [2.24, 2.45) is 0 Å². The van der Waals surface area contributed by atoms with Crippen LogP contribution in [0, 0.1) is 0 Å². The molecule has 0 aliphatic carbocycles. The summed E-state index contributed by atoms with van der Waals surface area (Å²) in [5.74, 6) is 0.144. The maximum atomic E-state index is 11.7. The van der Waals surface area contributed by atoms with E-state index in [1.807, 2.05) is 0 Å². The third-order valence-electron chi connectivity index (χ3n) is 3.15. The molecule has 2 atom stereocenters. The van der Waals surface area contributed by atoms with Crippen molar-refractivity contribution in [2.75, 3.05) is 19.7 Å². The fraction of sp³-hybridized carbons (Fsp3) is 0.909. The van der Waals surface area contributed by atoms with Crippen molar-refractivity contribution >= 4 is 5.91 Å². The summed E-state index contributed by atoms with van der Waals surface area (Å²) in [4.78, 5) is 11.7. The molecular formula is C11H20N2O2. The van der Waals surface area contributed by atoms with Gasteiger partial charge in [-0.2, -0.15) is 0 Å². The highest BCUT2D eigenvalue weighted by Gasteiger charge is 2.22. The van der Waals surface area contributed by atoms with Crippen molar-refractivity contribution < 1.29 is 9.53 Å². The maximum Gasteiger partial charge on any atom is 0.237 e. The highest BCUT2D eigenvalue weighted by molar-refractivity contribution is 5.81. The lowest BCUT2D eigenvalue weighted by Crippen LogP contribution is -2.48.